The van der Waals surface area contributed by atoms with Gasteiger partial charge in [-0.05, 0) is 41.5 Å². The second kappa shape index (κ2) is 6.20. The van der Waals surface area contributed by atoms with E-state index in [4.69, 9.17) is 9.94 Å². The highest BCUT2D eigenvalue weighted by Gasteiger charge is 2.18. The number of hydrogen-bond donors (Lipinski definition) is 1. The Morgan fingerprint density at radius 2 is 1.74 bits per heavy atom. The summed E-state index contributed by atoms with van der Waals surface area (Å²) >= 11 is 0. The van der Waals surface area contributed by atoms with E-state index in [-0.39, 0.29) is 0 Å². The van der Waals surface area contributed by atoms with E-state index in [0.29, 0.717) is 11.3 Å². The molecule has 1 aliphatic rings. The fourth-order valence-electron chi connectivity index (χ4n) is 2.63. The zero-order chi connectivity index (χ0) is 16.2. The number of oxime groups is 1. The van der Waals surface area contributed by atoms with Crippen molar-refractivity contribution in [3.8, 4) is 11.8 Å². The van der Waals surface area contributed by atoms with Gasteiger partial charge in [0.05, 0.1) is 12.7 Å². The molecule has 1 N–H and O–H groups in total. The van der Waals surface area contributed by atoms with Crippen molar-refractivity contribution in [3.63, 3.8) is 0 Å². The molecule has 0 saturated heterocycles. The predicted octanol–water partition coefficient (Wildman–Crippen LogP) is 3.88. The van der Waals surface area contributed by atoms with E-state index in [1.807, 2.05) is 48.5 Å². The lowest BCUT2D eigenvalue weighted by Crippen LogP contribution is -2.07. The minimum atomic E-state index is 0.483. The Hall–Kier alpha value is -3.32. The number of benzene rings is 2. The maximum Gasteiger partial charge on any atom is 0.118 e. The molecule has 0 aliphatic heterocycles. The molecular weight excluding hydrogens is 288 g/mol. The molecule has 0 heterocycles. The van der Waals surface area contributed by atoms with E-state index in [0.717, 1.165) is 28.0 Å². The van der Waals surface area contributed by atoms with Crippen LogP contribution in [0.3, 0.4) is 0 Å². The van der Waals surface area contributed by atoms with Crippen LogP contribution in [0.2, 0.25) is 0 Å². The average Bonchev–Trinajstić information content (AvgIpc) is 2.63. The first-order chi connectivity index (χ1) is 11.3. The van der Waals surface area contributed by atoms with Crippen LogP contribution in [0.1, 0.15) is 16.7 Å². The normalized spacial score (nSPS) is 16.6. The van der Waals surface area contributed by atoms with Gasteiger partial charge < -0.3 is 9.94 Å². The maximum absolute atomic E-state index is 9.65. The fourth-order valence-corrected chi connectivity index (χ4v) is 2.63. The standard InChI is InChI=1S/C19H14N2O2/c1-23-14-8-6-13(7-9-14)18(12-20)16-10-11-19(21-22)17-5-3-2-4-15(16)17/h2-11,22H,1H3/b18-16?,21-19+. The van der Waals surface area contributed by atoms with Crippen molar-refractivity contribution in [3.05, 3.63) is 77.4 Å². The lowest BCUT2D eigenvalue weighted by atomic mass is 9.87. The first-order valence-corrected chi connectivity index (χ1v) is 7.07. The van der Waals surface area contributed by atoms with Crippen LogP contribution >= 0.6 is 0 Å². The molecule has 2 aromatic rings. The van der Waals surface area contributed by atoms with Crippen molar-refractivity contribution in [2.45, 2.75) is 0 Å². The van der Waals surface area contributed by atoms with Gasteiger partial charge >= 0.3 is 0 Å². The van der Waals surface area contributed by atoms with Crippen LogP contribution in [0.25, 0.3) is 11.1 Å². The minimum absolute atomic E-state index is 0.483. The molecule has 0 bridgehead atoms. The minimum Gasteiger partial charge on any atom is -0.497 e. The van der Waals surface area contributed by atoms with Crippen LogP contribution < -0.4 is 4.74 Å². The maximum atomic E-state index is 9.65. The number of ether oxygens (including phenoxy) is 1. The van der Waals surface area contributed by atoms with E-state index in [1.54, 1.807) is 19.3 Å². The van der Waals surface area contributed by atoms with Gasteiger partial charge in [0.15, 0.2) is 0 Å². The monoisotopic (exact) mass is 302 g/mol. The molecule has 0 aromatic heterocycles. The Kier molecular flexibility index (Phi) is 3.94. The van der Waals surface area contributed by atoms with Gasteiger partial charge in [-0.15, -0.1) is 0 Å². The van der Waals surface area contributed by atoms with E-state index in [1.165, 1.54) is 0 Å². The summed E-state index contributed by atoms with van der Waals surface area (Å²) in [4.78, 5) is 0. The van der Waals surface area contributed by atoms with Crippen molar-refractivity contribution in [2.24, 2.45) is 5.16 Å². The summed E-state index contributed by atoms with van der Waals surface area (Å²) in [5.41, 5.74) is 4.33. The van der Waals surface area contributed by atoms with Gasteiger partial charge in [-0.25, -0.2) is 0 Å². The molecule has 2 aromatic carbocycles. The van der Waals surface area contributed by atoms with Gasteiger partial charge in [0.1, 0.15) is 17.5 Å². The third kappa shape index (κ3) is 2.60. The molecule has 3 rings (SSSR count). The van der Waals surface area contributed by atoms with Crippen LogP contribution in [0.5, 0.6) is 5.75 Å². The third-order valence-corrected chi connectivity index (χ3v) is 3.77. The van der Waals surface area contributed by atoms with Crippen molar-refractivity contribution in [1.29, 1.82) is 5.26 Å². The smallest absolute Gasteiger partial charge is 0.118 e. The number of nitriles is 1. The van der Waals surface area contributed by atoms with Gasteiger partial charge in [-0.3, -0.25) is 0 Å². The second-order valence-electron chi connectivity index (χ2n) is 4.99. The van der Waals surface area contributed by atoms with Crippen LogP contribution in [0.15, 0.2) is 65.8 Å². The van der Waals surface area contributed by atoms with Crippen LogP contribution in [0, 0.1) is 11.3 Å². The Bertz CT molecular complexity index is 869. The van der Waals surface area contributed by atoms with E-state index < -0.39 is 0 Å². The van der Waals surface area contributed by atoms with Crippen molar-refractivity contribution < 1.29 is 9.94 Å². The van der Waals surface area contributed by atoms with Crippen LogP contribution in [0.4, 0.5) is 0 Å². The first-order valence-electron chi connectivity index (χ1n) is 7.07. The molecule has 0 fully saturated rings. The molecule has 0 unspecified atom stereocenters. The van der Waals surface area contributed by atoms with E-state index >= 15 is 0 Å². The number of allylic oxidation sites excluding steroid dienone is 4. The van der Waals surface area contributed by atoms with Gasteiger partial charge in [-0.2, -0.15) is 5.26 Å². The first kappa shape index (κ1) is 14.6. The van der Waals surface area contributed by atoms with Crippen LogP contribution in [-0.4, -0.2) is 18.0 Å². The third-order valence-electron chi connectivity index (χ3n) is 3.77. The van der Waals surface area contributed by atoms with Crippen LogP contribution in [-0.2, 0) is 0 Å². The summed E-state index contributed by atoms with van der Waals surface area (Å²) in [6.45, 7) is 0. The number of hydrogen-bond acceptors (Lipinski definition) is 4. The van der Waals surface area contributed by atoms with Crippen molar-refractivity contribution >= 4 is 16.9 Å². The SMILES string of the molecule is COc1ccc(C(C#N)=C2C=C/C(=N\O)c3ccccc32)cc1. The Morgan fingerprint density at radius 3 is 2.35 bits per heavy atom. The molecule has 112 valence electrons. The molecule has 4 heteroatoms. The van der Waals surface area contributed by atoms with Crippen molar-refractivity contribution in [1.82, 2.24) is 0 Å². The number of nitrogens with zero attached hydrogens (tertiary/aromatic N) is 2. The largest absolute Gasteiger partial charge is 0.497 e. The summed E-state index contributed by atoms with van der Waals surface area (Å²) in [6, 6.07) is 17.2. The molecule has 23 heavy (non-hydrogen) atoms. The van der Waals surface area contributed by atoms with Gasteiger partial charge in [-0.1, -0.05) is 35.5 Å². The summed E-state index contributed by atoms with van der Waals surface area (Å²) < 4.78 is 5.16. The van der Waals surface area contributed by atoms with E-state index in [2.05, 4.69) is 11.2 Å². The van der Waals surface area contributed by atoms with Gasteiger partial charge in [0.2, 0.25) is 0 Å². The van der Waals surface area contributed by atoms with E-state index in [9.17, 15) is 5.26 Å². The number of rotatable bonds is 2. The zero-order valence-corrected chi connectivity index (χ0v) is 12.5. The molecule has 0 radical (unpaired) electrons. The highest BCUT2D eigenvalue weighted by molar-refractivity contribution is 6.18. The quantitative estimate of drug-likeness (QED) is 0.520. The molecule has 0 atom stereocenters. The summed E-state index contributed by atoms with van der Waals surface area (Å²) in [5.74, 6) is 0.741. The zero-order valence-electron chi connectivity index (χ0n) is 12.5. The molecule has 1 aliphatic carbocycles. The Morgan fingerprint density at radius 1 is 1.04 bits per heavy atom. The highest BCUT2D eigenvalue weighted by atomic mass is 16.5. The Labute approximate surface area is 134 Å². The fraction of sp³-hybridized carbons (Fsp3) is 0.0526. The number of fused-ring (bicyclic) bond motifs is 1. The molecular formula is C19H14N2O2. The number of methoxy groups -OCH3 is 1. The molecule has 4 nitrogen and oxygen atoms in total. The van der Waals surface area contributed by atoms with Gasteiger partial charge in [0.25, 0.3) is 0 Å². The highest BCUT2D eigenvalue weighted by Crippen LogP contribution is 2.33. The molecule has 0 amide bonds. The Balaban J connectivity index is 2.20. The topological polar surface area (TPSA) is 65.6 Å². The molecule has 0 saturated carbocycles. The summed E-state index contributed by atoms with van der Waals surface area (Å²) in [6.07, 6.45) is 3.51. The van der Waals surface area contributed by atoms with Gasteiger partial charge in [0, 0.05) is 11.1 Å². The molecule has 0 spiro atoms. The van der Waals surface area contributed by atoms with Crippen molar-refractivity contribution in [2.75, 3.05) is 7.11 Å². The second-order valence-corrected chi connectivity index (χ2v) is 4.99. The lowest BCUT2D eigenvalue weighted by Gasteiger charge is -2.16. The lowest BCUT2D eigenvalue weighted by molar-refractivity contribution is 0.320. The average molecular weight is 302 g/mol. The summed E-state index contributed by atoms with van der Waals surface area (Å²) in [7, 11) is 1.61. The predicted molar refractivity (Wildman–Crippen MR) is 89.3 cm³/mol. The summed E-state index contributed by atoms with van der Waals surface area (Å²) in [5, 5.41) is 22.1.